The van der Waals surface area contributed by atoms with Crippen molar-refractivity contribution in [3.8, 4) is 0 Å². The summed E-state index contributed by atoms with van der Waals surface area (Å²) < 4.78 is 5.39. The van der Waals surface area contributed by atoms with E-state index in [0.717, 1.165) is 32.1 Å². The Bertz CT molecular complexity index is 467. The topological polar surface area (TPSA) is 55.4 Å². The molecule has 1 amide bonds. The van der Waals surface area contributed by atoms with Crippen LogP contribution >= 0.6 is 0 Å². The number of ether oxygens (including phenoxy) is 1. The molecule has 4 aliphatic carbocycles. The lowest BCUT2D eigenvalue weighted by atomic mass is 9.70. The van der Waals surface area contributed by atoms with Crippen LogP contribution in [0.1, 0.15) is 59.8 Å². The molecule has 0 aliphatic heterocycles. The Hall–Kier alpha value is -1.06. The molecule has 4 rings (SSSR count). The van der Waals surface area contributed by atoms with Gasteiger partial charge in [0.05, 0.1) is 0 Å². The molecule has 0 aromatic heterocycles. The van der Waals surface area contributed by atoms with E-state index >= 15 is 0 Å². The number of carbonyl (C=O) groups excluding carboxylic acids is 2. The Kier molecular flexibility index (Phi) is 2.77. The van der Waals surface area contributed by atoms with Crippen molar-refractivity contribution in [2.45, 2.75) is 70.9 Å². The Balaban J connectivity index is 1.76. The van der Waals surface area contributed by atoms with E-state index in [1.807, 2.05) is 20.8 Å². The van der Waals surface area contributed by atoms with Crippen molar-refractivity contribution < 1.29 is 14.3 Å². The Morgan fingerprint density at radius 3 is 2.45 bits per heavy atom. The highest BCUT2D eigenvalue weighted by atomic mass is 16.6. The predicted octanol–water partition coefficient (Wildman–Crippen LogP) is 3.05. The van der Waals surface area contributed by atoms with Gasteiger partial charge in [-0.3, -0.25) is 4.79 Å². The molecule has 4 fully saturated rings. The number of hydrogen-bond acceptors (Lipinski definition) is 3. The number of alkyl carbamates (subject to hydrolysis) is 1. The summed E-state index contributed by atoms with van der Waals surface area (Å²) in [4.78, 5) is 24.2. The molecule has 0 spiro atoms. The maximum Gasteiger partial charge on any atom is 0.408 e. The van der Waals surface area contributed by atoms with E-state index in [2.05, 4.69) is 5.32 Å². The monoisotopic (exact) mass is 279 g/mol. The van der Waals surface area contributed by atoms with Crippen molar-refractivity contribution in [3.63, 3.8) is 0 Å². The van der Waals surface area contributed by atoms with Gasteiger partial charge in [0.15, 0.2) is 0 Å². The van der Waals surface area contributed by atoms with Gasteiger partial charge in [-0.05, 0) is 71.6 Å². The van der Waals surface area contributed by atoms with E-state index in [0.29, 0.717) is 17.6 Å². The summed E-state index contributed by atoms with van der Waals surface area (Å²) in [6, 6.07) is 0. The van der Waals surface area contributed by atoms with Crippen LogP contribution in [0.4, 0.5) is 4.79 Å². The third-order valence-corrected chi connectivity index (χ3v) is 5.49. The average molecular weight is 279 g/mol. The first-order valence-electron chi connectivity index (χ1n) is 7.66. The summed E-state index contributed by atoms with van der Waals surface area (Å²) in [6.45, 7) is 7.34. The normalized spacial score (nSPS) is 41.8. The van der Waals surface area contributed by atoms with Crippen LogP contribution in [0, 0.1) is 17.3 Å². The third-order valence-electron chi connectivity index (χ3n) is 5.49. The van der Waals surface area contributed by atoms with Crippen molar-refractivity contribution in [1.29, 1.82) is 0 Å². The molecule has 1 N–H and O–H groups in total. The maximum absolute atomic E-state index is 12.1. The first kappa shape index (κ1) is 13.9. The summed E-state index contributed by atoms with van der Waals surface area (Å²) in [5, 5.41) is 3.11. The summed E-state index contributed by atoms with van der Waals surface area (Å²) >= 11 is 0. The van der Waals surface area contributed by atoms with Crippen molar-refractivity contribution in [3.05, 3.63) is 0 Å². The molecule has 4 nitrogen and oxygen atoms in total. The summed E-state index contributed by atoms with van der Waals surface area (Å²) in [5.41, 5.74) is -0.827. The molecule has 4 saturated carbocycles. The lowest BCUT2D eigenvalue weighted by Gasteiger charge is -2.41. The smallest absolute Gasteiger partial charge is 0.408 e. The molecule has 20 heavy (non-hydrogen) atoms. The second kappa shape index (κ2) is 3.99. The SMILES string of the molecule is CC(=O)C12CC3CC1CC(NC(=O)OC(C)(C)C)(C3)C2. The highest BCUT2D eigenvalue weighted by Gasteiger charge is 2.66. The van der Waals surface area contributed by atoms with Crippen LogP contribution in [0.2, 0.25) is 0 Å². The largest absolute Gasteiger partial charge is 0.444 e. The van der Waals surface area contributed by atoms with Gasteiger partial charge in [0.1, 0.15) is 11.4 Å². The van der Waals surface area contributed by atoms with Gasteiger partial charge < -0.3 is 10.1 Å². The molecule has 0 saturated heterocycles. The first-order valence-corrected chi connectivity index (χ1v) is 7.66. The standard InChI is InChI=1S/C16H25NO3/c1-10(18)16-7-11-5-12(16)8-15(6-11,9-16)17-13(19)20-14(2,3)4/h11-12H,5-9H2,1-4H3,(H,17,19). The molecule has 0 radical (unpaired) electrons. The highest BCUT2D eigenvalue weighted by molar-refractivity contribution is 5.84. The Labute approximate surface area is 120 Å². The van der Waals surface area contributed by atoms with Gasteiger partial charge in [0.2, 0.25) is 0 Å². The van der Waals surface area contributed by atoms with Crippen LogP contribution in [-0.4, -0.2) is 23.0 Å². The number of amides is 1. The number of hydrogen-bond donors (Lipinski definition) is 1. The fraction of sp³-hybridized carbons (Fsp3) is 0.875. The summed E-state index contributed by atoms with van der Waals surface area (Å²) in [6.07, 6.45) is 4.64. The zero-order chi connectivity index (χ0) is 14.8. The second-order valence-electron chi connectivity index (χ2n) is 8.21. The van der Waals surface area contributed by atoms with Crippen LogP contribution in [-0.2, 0) is 9.53 Å². The van der Waals surface area contributed by atoms with Crippen molar-refractivity contribution in [2.75, 3.05) is 0 Å². The maximum atomic E-state index is 12.1. The van der Waals surface area contributed by atoms with E-state index in [1.165, 1.54) is 0 Å². The molecule has 112 valence electrons. The van der Waals surface area contributed by atoms with Gasteiger partial charge in [-0.2, -0.15) is 0 Å². The second-order valence-corrected chi connectivity index (χ2v) is 8.21. The van der Waals surface area contributed by atoms with E-state index in [1.54, 1.807) is 6.92 Å². The minimum Gasteiger partial charge on any atom is -0.444 e. The highest BCUT2D eigenvalue weighted by Crippen LogP contribution is 2.67. The quantitative estimate of drug-likeness (QED) is 0.845. The Morgan fingerprint density at radius 2 is 1.90 bits per heavy atom. The van der Waals surface area contributed by atoms with Crippen LogP contribution in [0.25, 0.3) is 0 Å². The number of rotatable bonds is 2. The van der Waals surface area contributed by atoms with Crippen LogP contribution < -0.4 is 5.32 Å². The van der Waals surface area contributed by atoms with Crippen LogP contribution in [0.15, 0.2) is 0 Å². The van der Waals surface area contributed by atoms with E-state index in [9.17, 15) is 9.59 Å². The molecule has 4 atom stereocenters. The number of carbonyl (C=O) groups is 2. The number of nitrogens with one attached hydrogen (secondary N) is 1. The minimum atomic E-state index is -0.478. The summed E-state index contributed by atoms with van der Waals surface area (Å²) in [7, 11) is 0. The van der Waals surface area contributed by atoms with Crippen LogP contribution in [0.3, 0.4) is 0 Å². The van der Waals surface area contributed by atoms with Gasteiger partial charge in [-0.25, -0.2) is 4.79 Å². The zero-order valence-electron chi connectivity index (χ0n) is 12.9. The molecular weight excluding hydrogens is 254 g/mol. The fourth-order valence-corrected chi connectivity index (χ4v) is 5.12. The summed E-state index contributed by atoms with van der Waals surface area (Å²) in [5.74, 6) is 1.38. The molecule has 0 heterocycles. The van der Waals surface area contributed by atoms with Gasteiger partial charge in [-0.1, -0.05) is 0 Å². The molecule has 0 aromatic rings. The van der Waals surface area contributed by atoms with Crippen molar-refractivity contribution in [1.82, 2.24) is 5.32 Å². The Morgan fingerprint density at radius 1 is 1.20 bits per heavy atom. The minimum absolute atomic E-state index is 0.155. The van der Waals surface area contributed by atoms with Gasteiger partial charge in [0, 0.05) is 11.0 Å². The molecule has 4 unspecified atom stereocenters. The van der Waals surface area contributed by atoms with Gasteiger partial charge in [-0.15, -0.1) is 0 Å². The fourth-order valence-electron chi connectivity index (χ4n) is 5.12. The molecule has 0 aromatic carbocycles. The van der Waals surface area contributed by atoms with E-state index in [-0.39, 0.29) is 17.0 Å². The van der Waals surface area contributed by atoms with Gasteiger partial charge in [0.25, 0.3) is 0 Å². The number of Topliss-reactive ketones (excluding diaryl/α,β-unsaturated/α-hetero) is 1. The molecule has 4 bridgehead atoms. The van der Waals surface area contributed by atoms with E-state index < -0.39 is 5.60 Å². The molecule has 4 heteroatoms. The van der Waals surface area contributed by atoms with Crippen molar-refractivity contribution in [2.24, 2.45) is 17.3 Å². The molecule has 4 aliphatic rings. The average Bonchev–Trinajstić information content (AvgIpc) is 2.59. The van der Waals surface area contributed by atoms with Gasteiger partial charge >= 0.3 is 6.09 Å². The van der Waals surface area contributed by atoms with Crippen molar-refractivity contribution >= 4 is 11.9 Å². The lowest BCUT2D eigenvalue weighted by Crippen LogP contribution is -2.52. The zero-order valence-corrected chi connectivity index (χ0v) is 12.9. The van der Waals surface area contributed by atoms with Crippen LogP contribution in [0.5, 0.6) is 0 Å². The number of ketones is 1. The third kappa shape index (κ3) is 2.04. The predicted molar refractivity (Wildman–Crippen MR) is 75.3 cm³/mol. The first-order chi connectivity index (χ1) is 9.14. The molecular formula is C16H25NO3. The lowest BCUT2D eigenvalue weighted by molar-refractivity contribution is -0.128. The van der Waals surface area contributed by atoms with E-state index in [4.69, 9.17) is 4.74 Å².